The van der Waals surface area contributed by atoms with Gasteiger partial charge in [0.25, 0.3) is 11.7 Å². The quantitative estimate of drug-likeness (QED) is 0.235. The molecule has 0 aromatic heterocycles. The minimum Gasteiger partial charge on any atom is -0.507 e. The van der Waals surface area contributed by atoms with E-state index in [1.165, 1.54) is 24.3 Å². The van der Waals surface area contributed by atoms with Gasteiger partial charge in [-0.3, -0.25) is 9.59 Å². The first-order valence-electron chi connectivity index (χ1n) is 12.7. The Balaban J connectivity index is 1.90. The molecule has 1 amide bonds. The summed E-state index contributed by atoms with van der Waals surface area (Å²) in [7, 11) is 0. The van der Waals surface area contributed by atoms with Gasteiger partial charge in [-0.15, -0.1) is 0 Å². The second-order valence-corrected chi connectivity index (χ2v) is 9.31. The van der Waals surface area contributed by atoms with Gasteiger partial charge in [0.1, 0.15) is 11.6 Å². The molecule has 0 radical (unpaired) electrons. The Hall–Kier alpha value is -2.99. The van der Waals surface area contributed by atoms with Crippen molar-refractivity contribution in [2.24, 2.45) is 0 Å². The number of Topliss-reactive ketones (excluding diaryl/α,β-unsaturated/α-hetero) is 1. The van der Waals surface area contributed by atoms with Crippen LogP contribution in [0.2, 0.25) is 0 Å². The first kappa shape index (κ1) is 26.6. The summed E-state index contributed by atoms with van der Waals surface area (Å²) in [6, 6.07) is 12.3. The molecule has 1 aliphatic rings. The highest BCUT2D eigenvalue weighted by Crippen LogP contribution is 2.39. The number of hydrogen-bond donors (Lipinski definition) is 1. The number of amides is 1. The molecule has 2 aromatic carbocycles. The zero-order chi connectivity index (χ0) is 25.4. The van der Waals surface area contributed by atoms with Gasteiger partial charge in [0.05, 0.1) is 11.6 Å². The Kier molecular flexibility index (Phi) is 9.61. The number of ketones is 1. The minimum absolute atomic E-state index is 0.0549. The molecule has 1 saturated heterocycles. The number of benzene rings is 2. The number of carbonyl (C=O) groups excluding carboxylic acids is 2. The van der Waals surface area contributed by atoms with E-state index in [4.69, 9.17) is 0 Å². The van der Waals surface area contributed by atoms with Crippen molar-refractivity contribution >= 4 is 17.4 Å². The zero-order valence-corrected chi connectivity index (χ0v) is 21.1. The van der Waals surface area contributed by atoms with Crippen molar-refractivity contribution in [2.75, 3.05) is 26.2 Å². The van der Waals surface area contributed by atoms with E-state index in [1.807, 2.05) is 31.2 Å². The molecule has 1 heterocycles. The number of aliphatic hydroxyl groups excluding tert-OH is 1. The van der Waals surface area contributed by atoms with E-state index in [9.17, 15) is 19.1 Å². The number of rotatable bonds is 12. The molecule has 188 valence electrons. The summed E-state index contributed by atoms with van der Waals surface area (Å²) in [5, 5.41) is 11.1. The zero-order valence-electron chi connectivity index (χ0n) is 21.1. The second-order valence-electron chi connectivity index (χ2n) is 9.31. The Morgan fingerprint density at radius 1 is 0.914 bits per heavy atom. The summed E-state index contributed by atoms with van der Waals surface area (Å²) in [4.78, 5) is 30.3. The molecule has 6 heteroatoms. The van der Waals surface area contributed by atoms with Crippen molar-refractivity contribution in [3.8, 4) is 0 Å². The number of likely N-dealkylation sites (tertiary alicyclic amines) is 1. The highest BCUT2D eigenvalue weighted by molar-refractivity contribution is 6.46. The molecule has 1 aliphatic heterocycles. The van der Waals surface area contributed by atoms with Gasteiger partial charge < -0.3 is 14.9 Å². The van der Waals surface area contributed by atoms with Gasteiger partial charge in [-0.1, -0.05) is 56.5 Å². The van der Waals surface area contributed by atoms with Crippen molar-refractivity contribution in [2.45, 2.75) is 58.9 Å². The third kappa shape index (κ3) is 6.57. The molecule has 5 nitrogen and oxygen atoms in total. The van der Waals surface area contributed by atoms with E-state index in [1.54, 1.807) is 4.90 Å². The second kappa shape index (κ2) is 12.6. The van der Waals surface area contributed by atoms with Crippen LogP contribution in [0.1, 0.15) is 68.7 Å². The first-order valence-corrected chi connectivity index (χ1v) is 12.7. The summed E-state index contributed by atoms with van der Waals surface area (Å²) in [6.45, 7) is 9.66. The van der Waals surface area contributed by atoms with Crippen LogP contribution in [0, 0.1) is 12.7 Å². The number of unbranched alkanes of at least 4 members (excludes halogenated alkanes) is 2. The van der Waals surface area contributed by atoms with Crippen LogP contribution >= 0.6 is 0 Å². The fraction of sp³-hybridized carbons (Fsp3) is 0.448. The SMILES string of the molecule is CCCCN(CCCC)CCCN1C(=O)C(=O)C(=C(O)c2ccc(F)cc2)[C@@H]1c1ccc(C)cc1. The van der Waals surface area contributed by atoms with Gasteiger partial charge in [-0.2, -0.15) is 0 Å². The number of nitrogens with zero attached hydrogens (tertiary/aromatic N) is 2. The van der Waals surface area contributed by atoms with Gasteiger partial charge in [0, 0.05) is 12.1 Å². The molecule has 0 spiro atoms. The molecule has 2 aromatic rings. The number of hydrogen-bond acceptors (Lipinski definition) is 4. The average molecular weight is 481 g/mol. The highest BCUT2D eigenvalue weighted by Gasteiger charge is 2.45. The van der Waals surface area contributed by atoms with Crippen LogP contribution in [-0.4, -0.2) is 52.8 Å². The third-order valence-corrected chi connectivity index (χ3v) is 6.58. The van der Waals surface area contributed by atoms with Crippen LogP contribution in [0.15, 0.2) is 54.1 Å². The Bertz CT molecular complexity index is 1020. The largest absolute Gasteiger partial charge is 0.507 e. The Labute approximate surface area is 208 Å². The molecule has 0 bridgehead atoms. The number of halogens is 1. The molecule has 35 heavy (non-hydrogen) atoms. The van der Waals surface area contributed by atoms with Gasteiger partial charge in [-0.05, 0) is 75.6 Å². The minimum atomic E-state index is -0.703. The molecule has 3 rings (SSSR count). The van der Waals surface area contributed by atoms with Crippen LogP contribution in [0.3, 0.4) is 0 Å². The predicted octanol–water partition coefficient (Wildman–Crippen LogP) is 5.85. The maximum atomic E-state index is 13.4. The molecular weight excluding hydrogens is 443 g/mol. The number of carbonyl (C=O) groups is 2. The highest BCUT2D eigenvalue weighted by atomic mass is 19.1. The maximum Gasteiger partial charge on any atom is 0.295 e. The van der Waals surface area contributed by atoms with Crippen LogP contribution < -0.4 is 0 Å². The maximum absolute atomic E-state index is 13.4. The summed E-state index contributed by atoms with van der Waals surface area (Å²) in [6.07, 6.45) is 5.27. The van der Waals surface area contributed by atoms with Crippen molar-refractivity contribution < 1.29 is 19.1 Å². The van der Waals surface area contributed by atoms with E-state index in [0.29, 0.717) is 12.1 Å². The van der Waals surface area contributed by atoms with Crippen molar-refractivity contribution in [3.05, 3.63) is 76.6 Å². The van der Waals surface area contributed by atoms with Crippen LogP contribution in [0.25, 0.3) is 5.76 Å². The lowest BCUT2D eigenvalue weighted by atomic mass is 9.94. The van der Waals surface area contributed by atoms with Crippen molar-refractivity contribution in [1.29, 1.82) is 0 Å². The van der Waals surface area contributed by atoms with Crippen molar-refractivity contribution in [3.63, 3.8) is 0 Å². The van der Waals surface area contributed by atoms with Crippen molar-refractivity contribution in [1.82, 2.24) is 9.80 Å². The van der Waals surface area contributed by atoms with Gasteiger partial charge in [0.15, 0.2) is 0 Å². The van der Waals surface area contributed by atoms with E-state index < -0.39 is 23.5 Å². The molecule has 1 fully saturated rings. The summed E-state index contributed by atoms with van der Waals surface area (Å²) in [5.41, 5.74) is 2.20. The molecule has 1 atom stereocenters. The normalized spacial score (nSPS) is 17.5. The van der Waals surface area contributed by atoms with Gasteiger partial charge in [0.2, 0.25) is 0 Å². The lowest BCUT2D eigenvalue weighted by Gasteiger charge is -2.27. The average Bonchev–Trinajstić information content (AvgIpc) is 3.10. The molecule has 1 N–H and O–H groups in total. The van der Waals surface area contributed by atoms with Crippen LogP contribution in [0.5, 0.6) is 0 Å². The number of aryl methyl sites for hydroxylation is 1. The Morgan fingerprint density at radius 3 is 2.06 bits per heavy atom. The fourth-order valence-corrected chi connectivity index (χ4v) is 4.53. The smallest absolute Gasteiger partial charge is 0.295 e. The van der Waals surface area contributed by atoms with E-state index in [-0.39, 0.29) is 11.3 Å². The predicted molar refractivity (Wildman–Crippen MR) is 137 cm³/mol. The Morgan fingerprint density at radius 2 is 1.49 bits per heavy atom. The van der Waals surface area contributed by atoms with E-state index in [2.05, 4.69) is 18.7 Å². The topological polar surface area (TPSA) is 60.9 Å². The molecule has 0 aliphatic carbocycles. The van der Waals surface area contributed by atoms with E-state index in [0.717, 1.165) is 62.9 Å². The fourth-order valence-electron chi connectivity index (χ4n) is 4.53. The molecular formula is C29H37FN2O3. The summed E-state index contributed by atoms with van der Waals surface area (Å²) < 4.78 is 13.4. The standard InChI is InChI=1S/C29H37FN2O3/c1-4-6-17-31(18-7-5-2)19-8-20-32-26(22-11-9-21(3)10-12-22)25(28(34)29(32)35)27(33)23-13-15-24(30)16-14-23/h9-16,26,33H,4-8,17-20H2,1-3H3/t26-/m0/s1. The third-order valence-electron chi connectivity index (χ3n) is 6.58. The molecule has 0 saturated carbocycles. The van der Waals surface area contributed by atoms with Gasteiger partial charge in [-0.25, -0.2) is 4.39 Å². The molecule has 0 unspecified atom stereocenters. The van der Waals surface area contributed by atoms with Crippen LogP contribution in [-0.2, 0) is 9.59 Å². The summed E-state index contributed by atoms with van der Waals surface area (Å²) in [5.74, 6) is -2.02. The van der Waals surface area contributed by atoms with Gasteiger partial charge >= 0.3 is 0 Å². The first-order chi connectivity index (χ1) is 16.9. The monoisotopic (exact) mass is 480 g/mol. The van der Waals surface area contributed by atoms with E-state index >= 15 is 0 Å². The van der Waals surface area contributed by atoms with Crippen LogP contribution in [0.4, 0.5) is 4.39 Å². The lowest BCUT2D eigenvalue weighted by Crippen LogP contribution is -2.34. The lowest BCUT2D eigenvalue weighted by molar-refractivity contribution is -0.140. The summed E-state index contributed by atoms with van der Waals surface area (Å²) >= 11 is 0. The number of aliphatic hydroxyl groups is 1.